The quantitative estimate of drug-likeness (QED) is 0.471. The van der Waals surface area contributed by atoms with Crippen LogP contribution in [0.5, 0.6) is 0 Å². The van der Waals surface area contributed by atoms with Crippen LogP contribution in [0.25, 0.3) is 0 Å². The molecule has 1 amide bonds. The molecule has 0 bridgehead atoms. The molecule has 2 aromatic rings. The Hall–Kier alpha value is -3.00. The lowest BCUT2D eigenvalue weighted by Gasteiger charge is -2.14. The molecule has 0 unspecified atom stereocenters. The molecule has 1 N–H and O–H groups in total. The van der Waals surface area contributed by atoms with Crippen LogP contribution in [0, 0.1) is 15.9 Å². The van der Waals surface area contributed by atoms with E-state index in [0.29, 0.717) is 0 Å². The van der Waals surface area contributed by atoms with E-state index >= 15 is 0 Å². The van der Waals surface area contributed by atoms with Crippen LogP contribution in [-0.4, -0.2) is 22.8 Å². The number of hydrogen-bond donors (Lipinski definition) is 1. The summed E-state index contributed by atoms with van der Waals surface area (Å²) in [7, 11) is 0. The minimum Gasteiger partial charge on any atom is -0.459 e. The van der Waals surface area contributed by atoms with Crippen LogP contribution in [0.1, 0.15) is 22.8 Å². The fourth-order valence-electron chi connectivity index (χ4n) is 2.04. The normalized spacial score (nSPS) is 11.5. The van der Waals surface area contributed by atoms with Crippen molar-refractivity contribution in [2.24, 2.45) is 0 Å². The number of nitrogens with zero attached hydrogens (tertiary/aromatic N) is 1. The van der Waals surface area contributed by atoms with E-state index in [0.717, 1.165) is 6.07 Å². The maximum Gasteiger partial charge on any atom is 0.328 e. The average molecular weight is 381 g/mol. The van der Waals surface area contributed by atoms with Crippen molar-refractivity contribution in [3.05, 3.63) is 74.5 Å². The summed E-state index contributed by atoms with van der Waals surface area (Å²) in [4.78, 5) is 34.2. The van der Waals surface area contributed by atoms with E-state index < -0.39 is 28.7 Å². The zero-order valence-corrected chi connectivity index (χ0v) is 14.3. The molecule has 2 rings (SSSR count). The zero-order chi connectivity index (χ0) is 19.3. The molecular formula is C17H14ClFN2O5. The number of nitro benzene ring substituents is 1. The SMILES string of the molecule is C[C@H](NC(=O)c1cccc([N+](=O)[O-])c1)C(=O)OCc1c(F)cccc1Cl. The van der Waals surface area contributed by atoms with Gasteiger partial charge in [-0.3, -0.25) is 14.9 Å². The molecule has 26 heavy (non-hydrogen) atoms. The minimum atomic E-state index is -1.05. The van der Waals surface area contributed by atoms with Crippen molar-refractivity contribution in [1.29, 1.82) is 0 Å². The Morgan fingerprint density at radius 1 is 1.31 bits per heavy atom. The molecule has 0 aromatic heterocycles. The van der Waals surface area contributed by atoms with Crippen LogP contribution in [-0.2, 0) is 16.1 Å². The van der Waals surface area contributed by atoms with Crippen LogP contribution < -0.4 is 5.32 Å². The third kappa shape index (κ3) is 4.76. The number of halogens is 2. The number of ether oxygens (including phenoxy) is 1. The number of nitro groups is 1. The van der Waals surface area contributed by atoms with E-state index in [1.54, 1.807) is 0 Å². The number of non-ortho nitro benzene ring substituents is 1. The molecule has 0 radical (unpaired) electrons. The van der Waals surface area contributed by atoms with Gasteiger partial charge in [-0.25, -0.2) is 9.18 Å². The number of carbonyl (C=O) groups excluding carboxylic acids is 2. The lowest BCUT2D eigenvalue weighted by molar-refractivity contribution is -0.384. The van der Waals surface area contributed by atoms with E-state index in [1.807, 2.05) is 0 Å². The third-order valence-electron chi connectivity index (χ3n) is 3.44. The first-order chi connectivity index (χ1) is 12.3. The van der Waals surface area contributed by atoms with E-state index in [9.17, 15) is 24.1 Å². The summed E-state index contributed by atoms with van der Waals surface area (Å²) >= 11 is 5.84. The molecule has 9 heteroatoms. The van der Waals surface area contributed by atoms with Gasteiger partial charge in [0.05, 0.1) is 9.95 Å². The first-order valence-corrected chi connectivity index (χ1v) is 7.82. The predicted molar refractivity (Wildman–Crippen MR) is 91.2 cm³/mol. The van der Waals surface area contributed by atoms with Gasteiger partial charge < -0.3 is 10.1 Å². The summed E-state index contributed by atoms with van der Waals surface area (Å²) in [5.41, 5.74) is -0.196. The third-order valence-corrected chi connectivity index (χ3v) is 3.79. The summed E-state index contributed by atoms with van der Waals surface area (Å²) in [5.74, 6) is -2.09. The monoisotopic (exact) mass is 380 g/mol. The second kappa shape index (κ2) is 8.39. The van der Waals surface area contributed by atoms with Gasteiger partial charge in [0, 0.05) is 23.3 Å². The summed E-state index contributed by atoms with van der Waals surface area (Å²) in [5, 5.41) is 13.2. The van der Waals surface area contributed by atoms with Crippen molar-refractivity contribution in [3.63, 3.8) is 0 Å². The Bertz CT molecular complexity index is 839. The largest absolute Gasteiger partial charge is 0.459 e. The zero-order valence-electron chi connectivity index (χ0n) is 13.6. The van der Waals surface area contributed by atoms with E-state index in [2.05, 4.69) is 5.32 Å². The number of amides is 1. The van der Waals surface area contributed by atoms with E-state index in [1.165, 1.54) is 43.3 Å². The van der Waals surface area contributed by atoms with Crippen molar-refractivity contribution >= 4 is 29.2 Å². The van der Waals surface area contributed by atoms with E-state index in [-0.39, 0.29) is 28.4 Å². The minimum absolute atomic E-state index is 0.0241. The number of esters is 1. The van der Waals surface area contributed by atoms with Gasteiger partial charge in [0.2, 0.25) is 0 Å². The van der Waals surface area contributed by atoms with Crippen LogP contribution >= 0.6 is 11.6 Å². The highest BCUT2D eigenvalue weighted by molar-refractivity contribution is 6.31. The van der Waals surface area contributed by atoms with Gasteiger partial charge in [-0.1, -0.05) is 23.7 Å². The standard InChI is InChI=1S/C17H14ClFN2O5/c1-10(17(23)26-9-13-14(18)6-3-7-15(13)19)20-16(22)11-4-2-5-12(8-11)21(24)25/h2-8,10H,9H2,1H3,(H,20,22)/t10-/m0/s1. The van der Waals surface area contributed by atoms with Gasteiger partial charge in [-0.2, -0.15) is 0 Å². The summed E-state index contributed by atoms with van der Waals surface area (Å²) in [6.45, 7) is 0.988. The summed E-state index contributed by atoms with van der Waals surface area (Å²) in [6.07, 6.45) is 0. The van der Waals surface area contributed by atoms with Crippen LogP contribution in [0.3, 0.4) is 0 Å². The Balaban J connectivity index is 1.97. The van der Waals surface area contributed by atoms with Crippen molar-refractivity contribution in [2.75, 3.05) is 0 Å². The topological polar surface area (TPSA) is 98.5 Å². The lowest BCUT2D eigenvalue weighted by Crippen LogP contribution is -2.39. The first-order valence-electron chi connectivity index (χ1n) is 7.44. The molecule has 0 heterocycles. The maximum atomic E-state index is 13.6. The Kier molecular flexibility index (Phi) is 6.24. The average Bonchev–Trinajstić information content (AvgIpc) is 2.61. The highest BCUT2D eigenvalue weighted by Crippen LogP contribution is 2.20. The predicted octanol–water partition coefficient (Wildman–Crippen LogP) is 3.25. The molecule has 0 aliphatic carbocycles. The molecule has 0 fully saturated rings. The van der Waals surface area contributed by atoms with Crippen molar-refractivity contribution in [1.82, 2.24) is 5.32 Å². The molecule has 0 spiro atoms. The molecule has 0 saturated carbocycles. The fourth-order valence-corrected chi connectivity index (χ4v) is 2.26. The van der Waals surface area contributed by atoms with Crippen LogP contribution in [0.4, 0.5) is 10.1 Å². The fraction of sp³-hybridized carbons (Fsp3) is 0.176. The van der Waals surface area contributed by atoms with E-state index in [4.69, 9.17) is 16.3 Å². The Labute approximate surface area is 152 Å². The number of benzene rings is 2. The Morgan fingerprint density at radius 2 is 2.00 bits per heavy atom. The smallest absolute Gasteiger partial charge is 0.328 e. The first kappa shape index (κ1) is 19.3. The Morgan fingerprint density at radius 3 is 2.65 bits per heavy atom. The van der Waals surface area contributed by atoms with Crippen LogP contribution in [0.2, 0.25) is 5.02 Å². The number of rotatable bonds is 6. The molecule has 0 aliphatic heterocycles. The van der Waals surface area contributed by atoms with Crippen molar-refractivity contribution in [3.8, 4) is 0 Å². The summed E-state index contributed by atoms with van der Waals surface area (Å²) in [6, 6.07) is 8.08. The molecule has 1 atom stereocenters. The molecule has 0 saturated heterocycles. The lowest BCUT2D eigenvalue weighted by atomic mass is 10.2. The van der Waals surface area contributed by atoms with Gasteiger partial charge in [0.1, 0.15) is 18.5 Å². The number of nitrogens with one attached hydrogen (secondary N) is 1. The molecule has 136 valence electrons. The molecular weight excluding hydrogens is 367 g/mol. The summed E-state index contributed by atoms with van der Waals surface area (Å²) < 4.78 is 18.6. The van der Waals surface area contributed by atoms with Gasteiger partial charge in [0.25, 0.3) is 11.6 Å². The van der Waals surface area contributed by atoms with Crippen molar-refractivity contribution in [2.45, 2.75) is 19.6 Å². The highest BCUT2D eigenvalue weighted by Gasteiger charge is 2.20. The number of hydrogen-bond acceptors (Lipinski definition) is 5. The molecule has 0 aliphatic rings. The second-order valence-corrected chi connectivity index (χ2v) is 5.72. The van der Waals surface area contributed by atoms with Gasteiger partial charge in [0.15, 0.2) is 0 Å². The van der Waals surface area contributed by atoms with Crippen LogP contribution in [0.15, 0.2) is 42.5 Å². The van der Waals surface area contributed by atoms with Gasteiger partial charge in [-0.15, -0.1) is 0 Å². The van der Waals surface area contributed by atoms with Gasteiger partial charge >= 0.3 is 5.97 Å². The van der Waals surface area contributed by atoms with Crippen molar-refractivity contribution < 1.29 is 23.6 Å². The maximum absolute atomic E-state index is 13.6. The highest BCUT2D eigenvalue weighted by atomic mass is 35.5. The second-order valence-electron chi connectivity index (χ2n) is 5.31. The molecule has 7 nitrogen and oxygen atoms in total. The number of carbonyl (C=O) groups is 2. The van der Waals surface area contributed by atoms with Gasteiger partial charge in [-0.05, 0) is 25.1 Å². The molecule has 2 aromatic carbocycles.